The van der Waals surface area contributed by atoms with Gasteiger partial charge in [0.2, 0.25) is 0 Å². The Labute approximate surface area is 124 Å². The summed E-state index contributed by atoms with van der Waals surface area (Å²) in [5.41, 5.74) is 1.63. The summed E-state index contributed by atoms with van der Waals surface area (Å²) < 4.78 is 19.2. The van der Waals surface area contributed by atoms with E-state index in [0.717, 1.165) is 24.1 Å². The first kappa shape index (κ1) is 13.4. The fourth-order valence-electron chi connectivity index (χ4n) is 2.58. The molecule has 20 heavy (non-hydrogen) atoms. The topological polar surface area (TPSA) is 33.5 Å². The van der Waals surface area contributed by atoms with Gasteiger partial charge < -0.3 is 9.32 Å². The number of nitrogens with zero attached hydrogens (tertiary/aromatic N) is 1. The largest absolute Gasteiger partial charge is 0.444 e. The summed E-state index contributed by atoms with van der Waals surface area (Å²) >= 11 is 3.19. The fraction of sp³-hybridized carbons (Fsp3) is 0.267. The molecule has 5 heteroatoms. The lowest BCUT2D eigenvalue weighted by molar-refractivity contribution is 0.0947. The van der Waals surface area contributed by atoms with Gasteiger partial charge in [0.25, 0.3) is 5.91 Å². The Morgan fingerprint density at radius 3 is 2.90 bits per heavy atom. The monoisotopic (exact) mass is 337 g/mol. The first-order valence-electron chi connectivity index (χ1n) is 6.43. The van der Waals surface area contributed by atoms with Crippen molar-refractivity contribution in [3.8, 4) is 0 Å². The van der Waals surface area contributed by atoms with E-state index in [0.29, 0.717) is 4.67 Å². The third kappa shape index (κ3) is 2.26. The van der Waals surface area contributed by atoms with Crippen LogP contribution in [0.4, 0.5) is 10.1 Å². The zero-order valence-electron chi connectivity index (χ0n) is 10.9. The lowest BCUT2D eigenvalue weighted by Gasteiger charge is -2.34. The minimum absolute atomic E-state index is 0.0596. The number of benzene rings is 1. The number of anilines is 1. The predicted molar refractivity (Wildman–Crippen MR) is 77.4 cm³/mol. The molecule has 2 heterocycles. The number of furan rings is 1. The van der Waals surface area contributed by atoms with Crippen molar-refractivity contribution in [3.05, 3.63) is 52.1 Å². The average molecular weight is 338 g/mol. The molecule has 3 nitrogen and oxygen atoms in total. The van der Waals surface area contributed by atoms with Crippen LogP contribution in [0.5, 0.6) is 0 Å². The molecular formula is C15H13BrFNO2. The maximum atomic E-state index is 13.3. The van der Waals surface area contributed by atoms with Gasteiger partial charge in [-0.3, -0.25) is 4.79 Å². The van der Waals surface area contributed by atoms with Crippen LogP contribution >= 0.6 is 15.9 Å². The molecule has 0 fully saturated rings. The number of aryl methyl sites for hydroxylation is 1. The second kappa shape index (κ2) is 5.05. The van der Waals surface area contributed by atoms with Crippen molar-refractivity contribution >= 4 is 27.5 Å². The molecule has 0 aliphatic carbocycles. The zero-order chi connectivity index (χ0) is 14.3. The number of carbonyl (C=O) groups is 1. The number of hydrogen-bond acceptors (Lipinski definition) is 2. The molecule has 1 aromatic heterocycles. The maximum Gasteiger partial charge on any atom is 0.294 e. The Balaban J connectivity index is 2.02. The Hall–Kier alpha value is -1.62. The molecule has 1 aromatic carbocycles. The molecule has 1 atom stereocenters. The van der Waals surface area contributed by atoms with Crippen LogP contribution in [0.15, 0.2) is 39.4 Å². The highest BCUT2D eigenvalue weighted by Gasteiger charge is 2.30. The highest BCUT2D eigenvalue weighted by atomic mass is 79.9. The molecule has 0 saturated heterocycles. The van der Waals surface area contributed by atoms with Crippen LogP contribution in [0.2, 0.25) is 0 Å². The summed E-state index contributed by atoms with van der Waals surface area (Å²) in [4.78, 5) is 14.3. The van der Waals surface area contributed by atoms with E-state index in [4.69, 9.17) is 4.42 Å². The van der Waals surface area contributed by atoms with E-state index in [1.54, 1.807) is 23.1 Å². The molecule has 0 spiro atoms. The molecule has 0 radical (unpaired) electrons. The summed E-state index contributed by atoms with van der Waals surface area (Å²) in [6.45, 7) is 1.99. The van der Waals surface area contributed by atoms with Crippen molar-refractivity contribution in [2.24, 2.45) is 0 Å². The van der Waals surface area contributed by atoms with Crippen molar-refractivity contribution in [2.75, 3.05) is 4.90 Å². The highest BCUT2D eigenvalue weighted by molar-refractivity contribution is 9.10. The van der Waals surface area contributed by atoms with Gasteiger partial charge in [0.15, 0.2) is 10.4 Å². The molecule has 0 unspecified atom stereocenters. The van der Waals surface area contributed by atoms with Crippen LogP contribution < -0.4 is 4.90 Å². The molecule has 1 aliphatic rings. The molecule has 0 N–H and O–H groups in total. The number of halogens is 2. The second-order valence-electron chi connectivity index (χ2n) is 4.94. The van der Waals surface area contributed by atoms with Gasteiger partial charge in [0.1, 0.15) is 5.82 Å². The lowest BCUT2D eigenvalue weighted by atomic mass is 9.96. The summed E-state index contributed by atoms with van der Waals surface area (Å²) in [7, 11) is 0. The molecule has 0 saturated carbocycles. The van der Waals surface area contributed by atoms with Gasteiger partial charge in [-0.15, -0.1) is 0 Å². The molecule has 1 amide bonds. The van der Waals surface area contributed by atoms with Gasteiger partial charge in [-0.05, 0) is 71.6 Å². The Bertz CT molecular complexity index is 668. The van der Waals surface area contributed by atoms with E-state index < -0.39 is 0 Å². The number of hydrogen-bond donors (Lipinski definition) is 0. The molecular weight excluding hydrogens is 325 g/mol. The van der Waals surface area contributed by atoms with Gasteiger partial charge >= 0.3 is 0 Å². The van der Waals surface area contributed by atoms with Crippen molar-refractivity contribution in [2.45, 2.75) is 25.8 Å². The van der Waals surface area contributed by atoms with Crippen LogP contribution in [0, 0.1) is 5.82 Å². The smallest absolute Gasteiger partial charge is 0.294 e. The molecule has 0 bridgehead atoms. The Kier molecular flexibility index (Phi) is 3.38. The SMILES string of the molecule is C[C@H]1CCc2cc(F)ccc2N1C(=O)c1ccc(Br)o1. The number of carbonyl (C=O) groups excluding carboxylic acids is 1. The predicted octanol–water partition coefficient (Wildman–Crippen LogP) is 4.16. The second-order valence-corrected chi connectivity index (χ2v) is 5.72. The average Bonchev–Trinajstić information content (AvgIpc) is 2.85. The van der Waals surface area contributed by atoms with Gasteiger partial charge in [0.05, 0.1) is 0 Å². The summed E-state index contributed by atoms with van der Waals surface area (Å²) in [6, 6.07) is 7.93. The minimum Gasteiger partial charge on any atom is -0.444 e. The van der Waals surface area contributed by atoms with Crippen LogP contribution in [0.3, 0.4) is 0 Å². The van der Waals surface area contributed by atoms with Crippen molar-refractivity contribution in [1.29, 1.82) is 0 Å². The Morgan fingerprint density at radius 2 is 2.20 bits per heavy atom. The van der Waals surface area contributed by atoms with Crippen LogP contribution in [-0.2, 0) is 6.42 Å². The van der Waals surface area contributed by atoms with Crippen LogP contribution in [0.1, 0.15) is 29.5 Å². The van der Waals surface area contributed by atoms with Crippen LogP contribution in [0.25, 0.3) is 0 Å². The maximum absolute atomic E-state index is 13.3. The van der Waals surface area contributed by atoms with Gasteiger partial charge in [0, 0.05) is 11.7 Å². The van der Waals surface area contributed by atoms with E-state index in [9.17, 15) is 9.18 Å². The van der Waals surface area contributed by atoms with E-state index in [1.807, 2.05) is 6.92 Å². The summed E-state index contributed by atoms with van der Waals surface area (Å²) in [6.07, 6.45) is 1.59. The third-order valence-corrected chi connectivity index (χ3v) is 4.00. The molecule has 104 valence electrons. The molecule has 3 rings (SSSR count). The number of rotatable bonds is 1. The van der Waals surface area contributed by atoms with Crippen LogP contribution in [-0.4, -0.2) is 11.9 Å². The van der Waals surface area contributed by atoms with E-state index in [2.05, 4.69) is 15.9 Å². The third-order valence-electron chi connectivity index (χ3n) is 3.58. The van der Waals surface area contributed by atoms with Crippen molar-refractivity contribution < 1.29 is 13.6 Å². The normalized spacial score (nSPS) is 17.9. The van der Waals surface area contributed by atoms with Gasteiger partial charge in [-0.2, -0.15) is 0 Å². The van der Waals surface area contributed by atoms with E-state index in [1.165, 1.54) is 12.1 Å². The first-order chi connectivity index (χ1) is 9.56. The van der Waals surface area contributed by atoms with Crippen molar-refractivity contribution in [3.63, 3.8) is 0 Å². The summed E-state index contributed by atoms with van der Waals surface area (Å²) in [5, 5.41) is 0. The Morgan fingerprint density at radius 1 is 1.40 bits per heavy atom. The first-order valence-corrected chi connectivity index (χ1v) is 7.23. The molecule has 1 aliphatic heterocycles. The minimum atomic E-state index is -0.272. The van der Waals surface area contributed by atoms with Gasteiger partial charge in [-0.25, -0.2) is 4.39 Å². The quantitative estimate of drug-likeness (QED) is 0.782. The number of amides is 1. The number of fused-ring (bicyclic) bond motifs is 1. The molecule has 2 aromatic rings. The summed E-state index contributed by atoms with van der Waals surface area (Å²) in [5.74, 6) is -0.192. The lowest BCUT2D eigenvalue weighted by Crippen LogP contribution is -2.42. The van der Waals surface area contributed by atoms with Gasteiger partial charge in [-0.1, -0.05) is 0 Å². The van der Waals surface area contributed by atoms with E-state index >= 15 is 0 Å². The van der Waals surface area contributed by atoms with Crippen molar-refractivity contribution in [1.82, 2.24) is 0 Å². The fourth-order valence-corrected chi connectivity index (χ4v) is 2.88. The standard InChI is InChI=1S/C15H13BrFNO2/c1-9-2-3-10-8-11(17)4-5-12(10)18(9)15(19)13-6-7-14(16)20-13/h4-9H,2-3H2,1H3/t9-/m0/s1. The zero-order valence-corrected chi connectivity index (χ0v) is 12.5. The van der Waals surface area contributed by atoms with E-state index in [-0.39, 0.29) is 23.5 Å². The highest BCUT2D eigenvalue weighted by Crippen LogP contribution is 2.33.